The first-order valence-electron chi connectivity index (χ1n) is 10.5. The van der Waals surface area contributed by atoms with Gasteiger partial charge in [0.2, 0.25) is 0 Å². The third-order valence-electron chi connectivity index (χ3n) is 5.99. The predicted molar refractivity (Wildman–Crippen MR) is 123 cm³/mol. The van der Waals surface area contributed by atoms with E-state index in [0.29, 0.717) is 22.8 Å². The van der Waals surface area contributed by atoms with E-state index < -0.39 is 5.91 Å². The Morgan fingerprint density at radius 1 is 1.07 bits per heavy atom. The van der Waals surface area contributed by atoms with Crippen molar-refractivity contribution in [1.82, 2.24) is 9.97 Å². The van der Waals surface area contributed by atoms with Crippen LogP contribution in [0.3, 0.4) is 0 Å². The van der Waals surface area contributed by atoms with Crippen molar-refractivity contribution in [3.8, 4) is 0 Å². The number of aliphatic imine (C=N–C) groups is 1. The lowest BCUT2D eigenvalue weighted by Crippen LogP contribution is -2.15. The molecular weight excluding hydrogens is 416 g/mol. The van der Waals surface area contributed by atoms with Crippen LogP contribution in [0.2, 0.25) is 0 Å². The highest BCUT2D eigenvalue weighted by atomic mass is 32.1. The van der Waals surface area contributed by atoms with Crippen LogP contribution in [-0.2, 0) is 32.1 Å². The number of rotatable bonds is 4. The summed E-state index contributed by atoms with van der Waals surface area (Å²) in [5.74, 6) is 0.215. The second kappa shape index (κ2) is 7.74. The number of carbonyl (C=O) groups is 1. The number of carbonyl (C=O) groups excluding carboxylic acids is 1. The number of hydrogen-bond donors (Lipinski definition) is 2. The maximum absolute atomic E-state index is 12.8. The van der Waals surface area contributed by atoms with Crippen molar-refractivity contribution in [3.63, 3.8) is 0 Å². The second-order valence-corrected chi connectivity index (χ2v) is 10.4. The number of aryl methyl sites for hydroxylation is 3. The van der Waals surface area contributed by atoms with Gasteiger partial charge in [-0.05, 0) is 69.4 Å². The summed E-state index contributed by atoms with van der Waals surface area (Å²) in [7, 11) is 0. The highest BCUT2D eigenvalue weighted by Gasteiger charge is 2.24. The van der Waals surface area contributed by atoms with E-state index in [-0.39, 0.29) is 5.56 Å². The Morgan fingerprint density at radius 3 is 2.47 bits per heavy atom. The lowest BCUT2D eigenvalue weighted by Gasteiger charge is -2.10. The molecule has 3 N–H and O–H groups in total. The highest BCUT2D eigenvalue weighted by Crippen LogP contribution is 2.40. The molecule has 2 aliphatic carbocycles. The van der Waals surface area contributed by atoms with Gasteiger partial charge in [0.1, 0.15) is 15.7 Å². The maximum atomic E-state index is 12.8. The van der Waals surface area contributed by atoms with Crippen LogP contribution in [0.5, 0.6) is 0 Å². The normalized spacial score (nSPS) is 16.5. The van der Waals surface area contributed by atoms with Gasteiger partial charge in [-0.15, -0.1) is 22.7 Å². The minimum Gasteiger partial charge on any atom is -0.365 e. The largest absolute Gasteiger partial charge is 0.365 e. The van der Waals surface area contributed by atoms with E-state index in [0.717, 1.165) is 66.4 Å². The molecule has 30 heavy (non-hydrogen) atoms. The van der Waals surface area contributed by atoms with Crippen molar-refractivity contribution in [2.45, 2.75) is 64.7 Å². The Bertz CT molecular complexity index is 1250. The number of hydrogen-bond acceptors (Lipinski definition) is 6. The van der Waals surface area contributed by atoms with Crippen LogP contribution in [0, 0.1) is 0 Å². The molecule has 0 spiro atoms. The monoisotopic (exact) mass is 440 g/mol. The zero-order valence-corrected chi connectivity index (χ0v) is 18.6. The lowest BCUT2D eigenvalue weighted by atomic mass is 9.95. The molecule has 0 aliphatic heterocycles. The van der Waals surface area contributed by atoms with Crippen LogP contribution in [0.25, 0.3) is 10.2 Å². The molecule has 3 heterocycles. The molecule has 156 valence electrons. The molecule has 1 amide bonds. The van der Waals surface area contributed by atoms with Crippen LogP contribution < -0.4 is 11.3 Å². The van der Waals surface area contributed by atoms with Gasteiger partial charge in [0, 0.05) is 21.9 Å². The van der Waals surface area contributed by atoms with E-state index >= 15 is 0 Å². The molecule has 8 heteroatoms. The topological polar surface area (TPSA) is 101 Å². The van der Waals surface area contributed by atoms with Gasteiger partial charge in [0.05, 0.1) is 10.9 Å². The van der Waals surface area contributed by atoms with Crippen molar-refractivity contribution < 1.29 is 4.79 Å². The van der Waals surface area contributed by atoms with Crippen molar-refractivity contribution in [2.75, 3.05) is 0 Å². The predicted octanol–water partition coefficient (Wildman–Crippen LogP) is 4.24. The Morgan fingerprint density at radius 2 is 1.73 bits per heavy atom. The molecule has 0 unspecified atom stereocenters. The van der Waals surface area contributed by atoms with Gasteiger partial charge < -0.3 is 10.7 Å². The van der Waals surface area contributed by atoms with Crippen molar-refractivity contribution in [1.29, 1.82) is 0 Å². The fourth-order valence-corrected chi connectivity index (χ4v) is 7.25. The molecule has 6 nitrogen and oxygen atoms in total. The molecule has 5 rings (SSSR count). The number of H-pyrrole nitrogens is 1. The van der Waals surface area contributed by atoms with Gasteiger partial charge in [-0.3, -0.25) is 9.59 Å². The van der Waals surface area contributed by atoms with Gasteiger partial charge in [0.15, 0.2) is 0 Å². The molecule has 2 aliphatic rings. The first kappa shape index (κ1) is 19.6. The Hall–Kier alpha value is -2.32. The van der Waals surface area contributed by atoms with Crippen LogP contribution >= 0.6 is 22.7 Å². The Labute approximate surface area is 182 Å². The van der Waals surface area contributed by atoms with Crippen LogP contribution in [0.4, 0.5) is 5.00 Å². The molecule has 0 bridgehead atoms. The van der Waals surface area contributed by atoms with E-state index in [2.05, 4.69) is 4.98 Å². The summed E-state index contributed by atoms with van der Waals surface area (Å²) in [5.41, 5.74) is 9.30. The first-order chi connectivity index (χ1) is 14.5. The standard InChI is InChI=1S/C22H24N4O2S2/c1-11(24-21-17(19(23)27)12-6-2-4-8-14(12)29-21)10-16-25-20(28)18-13-7-3-5-9-15(13)30-22(18)26-16/h2-10H2,1H3,(H2,23,27)(H,25,26,28)/b24-11+. The van der Waals surface area contributed by atoms with Crippen molar-refractivity contribution >= 4 is 49.5 Å². The number of amides is 1. The van der Waals surface area contributed by atoms with Crippen molar-refractivity contribution in [2.24, 2.45) is 10.7 Å². The fourth-order valence-electron chi connectivity index (χ4n) is 4.63. The minimum atomic E-state index is -0.405. The second-order valence-electron chi connectivity index (χ2n) is 8.18. The molecule has 0 atom stereocenters. The number of nitrogens with one attached hydrogen (secondary N) is 1. The smallest absolute Gasteiger partial charge is 0.259 e. The molecular formula is C22H24N4O2S2. The number of thiophene rings is 2. The number of nitrogens with zero attached hydrogens (tertiary/aromatic N) is 2. The molecule has 3 aromatic heterocycles. The third kappa shape index (κ3) is 3.41. The molecule has 3 aromatic rings. The number of aromatic amines is 1. The van der Waals surface area contributed by atoms with E-state index in [9.17, 15) is 9.59 Å². The van der Waals surface area contributed by atoms with Crippen molar-refractivity contribution in [3.05, 3.63) is 42.6 Å². The average Bonchev–Trinajstić information content (AvgIpc) is 3.25. The molecule has 0 saturated carbocycles. The van der Waals surface area contributed by atoms with Crippen LogP contribution in [0.1, 0.15) is 69.7 Å². The Kier molecular flexibility index (Phi) is 5.06. The number of fused-ring (bicyclic) bond motifs is 4. The Balaban J connectivity index is 1.48. The zero-order valence-electron chi connectivity index (χ0n) is 17.0. The molecule has 0 fully saturated rings. The van der Waals surface area contributed by atoms with Gasteiger partial charge in [0.25, 0.3) is 11.5 Å². The number of primary amides is 1. The quantitative estimate of drug-likeness (QED) is 0.593. The maximum Gasteiger partial charge on any atom is 0.259 e. The van der Waals surface area contributed by atoms with E-state index in [1.54, 1.807) is 22.7 Å². The third-order valence-corrected chi connectivity index (χ3v) is 8.36. The van der Waals surface area contributed by atoms with E-state index in [1.807, 2.05) is 6.92 Å². The summed E-state index contributed by atoms with van der Waals surface area (Å²) in [4.78, 5) is 40.7. The van der Waals surface area contributed by atoms with Gasteiger partial charge in [-0.1, -0.05) is 0 Å². The minimum absolute atomic E-state index is 0.0494. The van der Waals surface area contributed by atoms with E-state index in [4.69, 9.17) is 15.7 Å². The molecule has 0 radical (unpaired) electrons. The molecule has 0 saturated heterocycles. The summed E-state index contributed by atoms with van der Waals surface area (Å²) >= 11 is 3.23. The van der Waals surface area contributed by atoms with Gasteiger partial charge in [-0.2, -0.15) is 0 Å². The summed E-state index contributed by atoms with van der Waals surface area (Å²) in [5, 5.41) is 1.47. The fraction of sp³-hybridized carbons (Fsp3) is 0.455. The van der Waals surface area contributed by atoms with Gasteiger partial charge >= 0.3 is 0 Å². The first-order valence-corrected chi connectivity index (χ1v) is 12.2. The van der Waals surface area contributed by atoms with Crippen LogP contribution in [-0.4, -0.2) is 21.6 Å². The summed E-state index contributed by atoms with van der Waals surface area (Å²) in [6.07, 6.45) is 8.89. The van der Waals surface area contributed by atoms with E-state index in [1.165, 1.54) is 21.7 Å². The number of nitrogens with two attached hydrogens (primary N) is 1. The van der Waals surface area contributed by atoms with Crippen LogP contribution in [0.15, 0.2) is 9.79 Å². The highest BCUT2D eigenvalue weighted by molar-refractivity contribution is 7.18. The summed E-state index contributed by atoms with van der Waals surface area (Å²) in [6.45, 7) is 1.91. The van der Waals surface area contributed by atoms with Gasteiger partial charge in [-0.25, -0.2) is 9.98 Å². The summed E-state index contributed by atoms with van der Waals surface area (Å²) < 4.78 is 0. The number of aromatic nitrogens is 2. The SMILES string of the molecule is C/C(Cc1nc2sc3c(c2c(=O)[nH]1)CCCC3)=N\c1sc2c(c1C(N)=O)CCCC2. The average molecular weight is 441 g/mol. The summed E-state index contributed by atoms with van der Waals surface area (Å²) in [6, 6.07) is 0. The molecule has 0 aromatic carbocycles. The lowest BCUT2D eigenvalue weighted by molar-refractivity contribution is 0.100. The zero-order chi connectivity index (χ0) is 20.8.